The highest BCUT2D eigenvalue weighted by molar-refractivity contribution is 4.92. The van der Waals surface area contributed by atoms with Gasteiger partial charge in [0.1, 0.15) is 12.2 Å². The molecule has 0 saturated heterocycles. The number of nitrogens with zero attached hydrogens (tertiary/aromatic N) is 3. The lowest BCUT2D eigenvalue weighted by molar-refractivity contribution is 0.453. The van der Waals surface area contributed by atoms with Crippen LogP contribution in [0.4, 0.5) is 0 Å². The molecule has 0 saturated carbocycles. The van der Waals surface area contributed by atoms with Crippen LogP contribution in [0, 0.1) is 0 Å². The number of hydrogen-bond donors (Lipinski definition) is 1. The van der Waals surface area contributed by atoms with Crippen molar-refractivity contribution in [3.63, 3.8) is 0 Å². The van der Waals surface area contributed by atoms with Gasteiger partial charge in [0.2, 0.25) is 0 Å². The topological polar surface area (TPSA) is 56.7 Å². The van der Waals surface area contributed by atoms with E-state index in [-0.39, 0.29) is 0 Å². The van der Waals surface area contributed by atoms with Gasteiger partial charge < -0.3 is 10.3 Å². The molecule has 2 rings (SSSR count). The minimum absolute atomic E-state index is 0.295. The van der Waals surface area contributed by atoms with Crippen LogP contribution in [0.1, 0.15) is 12.2 Å². The molecule has 0 aromatic carbocycles. The Labute approximate surface area is 59.1 Å². The van der Waals surface area contributed by atoms with Gasteiger partial charge in [-0.25, -0.2) is 0 Å². The van der Waals surface area contributed by atoms with E-state index >= 15 is 0 Å². The Bertz CT molecular complexity index is 229. The minimum Gasteiger partial charge on any atom is -0.326 e. The lowest BCUT2D eigenvalue weighted by Gasteiger charge is -2.18. The molecule has 0 aliphatic carbocycles. The molecule has 0 amide bonds. The largest absolute Gasteiger partial charge is 0.326 e. The molecular weight excluding hydrogens is 128 g/mol. The van der Waals surface area contributed by atoms with E-state index in [2.05, 4.69) is 10.2 Å². The molecule has 54 valence electrons. The van der Waals surface area contributed by atoms with Crippen molar-refractivity contribution < 1.29 is 0 Å². The van der Waals surface area contributed by atoms with Gasteiger partial charge >= 0.3 is 0 Å². The first-order valence-corrected chi connectivity index (χ1v) is 3.48. The van der Waals surface area contributed by atoms with Crippen molar-refractivity contribution in [3.05, 3.63) is 12.2 Å². The van der Waals surface area contributed by atoms with Crippen molar-refractivity contribution >= 4 is 0 Å². The Hall–Kier alpha value is -0.900. The van der Waals surface area contributed by atoms with Gasteiger partial charge in [-0.3, -0.25) is 0 Å². The number of nitrogens with two attached hydrogens (primary N) is 1. The van der Waals surface area contributed by atoms with Crippen molar-refractivity contribution in [1.82, 2.24) is 14.8 Å². The van der Waals surface area contributed by atoms with Crippen molar-refractivity contribution in [2.45, 2.75) is 25.4 Å². The summed E-state index contributed by atoms with van der Waals surface area (Å²) >= 11 is 0. The van der Waals surface area contributed by atoms with E-state index in [1.165, 1.54) is 0 Å². The van der Waals surface area contributed by atoms with Crippen LogP contribution in [0.25, 0.3) is 0 Å². The third-order valence-corrected chi connectivity index (χ3v) is 1.87. The molecule has 0 spiro atoms. The van der Waals surface area contributed by atoms with Crippen LogP contribution in [0.15, 0.2) is 6.33 Å². The van der Waals surface area contributed by atoms with Crippen molar-refractivity contribution in [2.24, 2.45) is 5.73 Å². The summed E-state index contributed by atoms with van der Waals surface area (Å²) in [6.07, 6.45) is 3.76. The molecule has 0 unspecified atom stereocenters. The van der Waals surface area contributed by atoms with E-state index in [0.29, 0.717) is 6.04 Å². The standard InChI is InChI=1S/C6H10N4/c7-5-1-2-6-9-8-4-10(6)3-5/h4-5H,1-3,7H2/t5-/m1/s1. The molecule has 10 heavy (non-hydrogen) atoms. The summed E-state index contributed by atoms with van der Waals surface area (Å²) in [7, 11) is 0. The molecule has 1 aromatic rings. The van der Waals surface area contributed by atoms with Crippen LogP contribution in [0.3, 0.4) is 0 Å². The molecule has 1 atom stereocenters. The van der Waals surface area contributed by atoms with Gasteiger partial charge in [-0.2, -0.15) is 0 Å². The Kier molecular flexibility index (Phi) is 1.20. The lowest BCUT2D eigenvalue weighted by Crippen LogP contribution is -2.31. The summed E-state index contributed by atoms with van der Waals surface area (Å²) < 4.78 is 2.02. The first kappa shape index (κ1) is 5.85. The number of aromatic nitrogens is 3. The fourth-order valence-electron chi connectivity index (χ4n) is 1.28. The Morgan fingerprint density at radius 1 is 1.70 bits per heavy atom. The van der Waals surface area contributed by atoms with Gasteiger partial charge in [-0.15, -0.1) is 10.2 Å². The third-order valence-electron chi connectivity index (χ3n) is 1.87. The highest BCUT2D eigenvalue weighted by atomic mass is 15.3. The van der Waals surface area contributed by atoms with Crippen LogP contribution in [-0.4, -0.2) is 20.8 Å². The second kappa shape index (κ2) is 2.05. The van der Waals surface area contributed by atoms with Gasteiger partial charge in [-0.05, 0) is 6.42 Å². The number of fused-ring (bicyclic) bond motifs is 1. The van der Waals surface area contributed by atoms with Gasteiger partial charge in [0.05, 0.1) is 0 Å². The maximum Gasteiger partial charge on any atom is 0.132 e. The average Bonchev–Trinajstić information content (AvgIpc) is 2.33. The second-order valence-corrected chi connectivity index (χ2v) is 2.70. The predicted octanol–water partition coefficient (Wildman–Crippen LogP) is -0.448. The van der Waals surface area contributed by atoms with Gasteiger partial charge in [0, 0.05) is 19.0 Å². The monoisotopic (exact) mass is 138 g/mol. The summed E-state index contributed by atoms with van der Waals surface area (Å²) in [4.78, 5) is 0. The van der Waals surface area contributed by atoms with E-state index in [9.17, 15) is 0 Å². The summed E-state index contributed by atoms with van der Waals surface area (Å²) in [5.74, 6) is 1.07. The van der Waals surface area contributed by atoms with Crippen LogP contribution in [0.5, 0.6) is 0 Å². The smallest absolute Gasteiger partial charge is 0.132 e. The molecular formula is C6H10N4. The predicted molar refractivity (Wildman–Crippen MR) is 36.3 cm³/mol. The zero-order valence-electron chi connectivity index (χ0n) is 5.70. The van der Waals surface area contributed by atoms with E-state index in [4.69, 9.17) is 5.73 Å². The first-order chi connectivity index (χ1) is 4.86. The quantitative estimate of drug-likeness (QED) is 0.528. The maximum absolute atomic E-state index is 5.73. The zero-order valence-corrected chi connectivity index (χ0v) is 5.70. The summed E-state index contributed by atoms with van der Waals surface area (Å²) in [5, 5.41) is 7.74. The van der Waals surface area contributed by atoms with Crippen molar-refractivity contribution in [1.29, 1.82) is 0 Å². The van der Waals surface area contributed by atoms with E-state index in [1.54, 1.807) is 6.33 Å². The molecule has 4 nitrogen and oxygen atoms in total. The number of rotatable bonds is 0. The van der Waals surface area contributed by atoms with Crippen molar-refractivity contribution in [3.8, 4) is 0 Å². The molecule has 1 aliphatic heterocycles. The Morgan fingerprint density at radius 3 is 3.50 bits per heavy atom. The van der Waals surface area contributed by atoms with Crippen LogP contribution < -0.4 is 5.73 Å². The zero-order chi connectivity index (χ0) is 6.97. The minimum atomic E-state index is 0.295. The van der Waals surface area contributed by atoms with Crippen LogP contribution in [0.2, 0.25) is 0 Å². The van der Waals surface area contributed by atoms with Gasteiger partial charge in [0.15, 0.2) is 0 Å². The molecule has 0 bridgehead atoms. The SMILES string of the molecule is N[C@@H]1CCc2nncn2C1. The van der Waals surface area contributed by atoms with E-state index in [0.717, 1.165) is 25.2 Å². The highest BCUT2D eigenvalue weighted by Gasteiger charge is 2.14. The molecule has 4 heteroatoms. The number of aryl methyl sites for hydroxylation is 1. The molecule has 1 aliphatic rings. The number of hydrogen-bond acceptors (Lipinski definition) is 3. The summed E-state index contributed by atoms with van der Waals surface area (Å²) in [5.41, 5.74) is 5.73. The lowest BCUT2D eigenvalue weighted by atomic mass is 10.1. The Morgan fingerprint density at radius 2 is 2.60 bits per heavy atom. The molecule has 0 fully saturated rings. The highest BCUT2D eigenvalue weighted by Crippen LogP contribution is 2.09. The fourth-order valence-corrected chi connectivity index (χ4v) is 1.28. The summed E-state index contributed by atoms with van der Waals surface area (Å²) in [6, 6.07) is 0.295. The second-order valence-electron chi connectivity index (χ2n) is 2.70. The van der Waals surface area contributed by atoms with Gasteiger partial charge in [-0.1, -0.05) is 0 Å². The van der Waals surface area contributed by atoms with Crippen LogP contribution in [-0.2, 0) is 13.0 Å². The van der Waals surface area contributed by atoms with Gasteiger partial charge in [0.25, 0.3) is 0 Å². The summed E-state index contributed by atoms with van der Waals surface area (Å²) in [6.45, 7) is 0.877. The fraction of sp³-hybridized carbons (Fsp3) is 0.667. The molecule has 1 aromatic heterocycles. The molecule has 2 heterocycles. The van der Waals surface area contributed by atoms with E-state index < -0.39 is 0 Å². The molecule has 2 N–H and O–H groups in total. The third kappa shape index (κ3) is 0.806. The van der Waals surface area contributed by atoms with Crippen LogP contribution >= 0.6 is 0 Å². The molecule has 0 radical (unpaired) electrons. The average molecular weight is 138 g/mol. The van der Waals surface area contributed by atoms with Crippen molar-refractivity contribution in [2.75, 3.05) is 0 Å². The normalized spacial score (nSPS) is 24.3. The Balaban J connectivity index is 2.30. The van der Waals surface area contributed by atoms with E-state index in [1.807, 2.05) is 4.57 Å². The maximum atomic E-state index is 5.73. The first-order valence-electron chi connectivity index (χ1n) is 3.48.